The van der Waals surface area contributed by atoms with Gasteiger partial charge in [-0.15, -0.1) is 0 Å². The fraction of sp³-hybridized carbons (Fsp3) is 0.368. The van der Waals surface area contributed by atoms with E-state index in [1.165, 1.54) is 16.5 Å². The van der Waals surface area contributed by atoms with Crippen LogP contribution in [-0.2, 0) is 11.2 Å². The van der Waals surface area contributed by atoms with E-state index in [1.807, 2.05) is 19.3 Å². The molecule has 3 nitrogen and oxygen atoms in total. The molecule has 2 aliphatic rings. The van der Waals surface area contributed by atoms with Crippen molar-refractivity contribution in [3.63, 3.8) is 0 Å². The lowest BCUT2D eigenvalue weighted by Gasteiger charge is -2.10. The van der Waals surface area contributed by atoms with Crippen LogP contribution in [0.3, 0.4) is 0 Å². The molecule has 0 saturated heterocycles. The molecule has 0 bridgehead atoms. The van der Waals surface area contributed by atoms with Gasteiger partial charge < -0.3 is 5.11 Å². The van der Waals surface area contributed by atoms with Gasteiger partial charge in [0.2, 0.25) is 0 Å². The van der Waals surface area contributed by atoms with E-state index in [0.717, 1.165) is 35.8 Å². The topological polar surface area (TPSA) is 50.2 Å². The third kappa shape index (κ3) is 1.81. The van der Waals surface area contributed by atoms with E-state index in [-0.39, 0.29) is 5.92 Å². The van der Waals surface area contributed by atoms with Crippen LogP contribution in [0.1, 0.15) is 49.3 Å². The first-order valence-corrected chi connectivity index (χ1v) is 7.93. The van der Waals surface area contributed by atoms with Crippen LogP contribution in [0.25, 0.3) is 16.3 Å². The quantitative estimate of drug-likeness (QED) is 0.904. The Hall–Kier alpha value is -2.16. The van der Waals surface area contributed by atoms with Gasteiger partial charge in [0.25, 0.3) is 0 Å². The van der Waals surface area contributed by atoms with Gasteiger partial charge in [-0.05, 0) is 64.8 Å². The van der Waals surface area contributed by atoms with Crippen LogP contribution in [-0.4, -0.2) is 16.1 Å². The maximum atomic E-state index is 11.6. The molecule has 0 amide bonds. The monoisotopic (exact) mass is 293 g/mol. The van der Waals surface area contributed by atoms with E-state index in [1.54, 1.807) is 0 Å². The van der Waals surface area contributed by atoms with Crippen molar-refractivity contribution in [3.8, 4) is 0 Å². The van der Waals surface area contributed by atoms with E-state index in [2.05, 4.69) is 24.0 Å². The van der Waals surface area contributed by atoms with Crippen LogP contribution < -0.4 is 0 Å². The molecule has 2 aliphatic carbocycles. The summed E-state index contributed by atoms with van der Waals surface area (Å²) in [5.41, 5.74) is 5.36. The van der Waals surface area contributed by atoms with Gasteiger partial charge in [0.15, 0.2) is 0 Å². The zero-order chi connectivity index (χ0) is 15.4. The second kappa shape index (κ2) is 4.67. The maximum Gasteiger partial charge on any atom is 0.332 e. The molecule has 2 atom stereocenters. The average Bonchev–Trinajstić information content (AvgIpc) is 3.01. The number of rotatable bonds is 2. The van der Waals surface area contributed by atoms with E-state index >= 15 is 0 Å². The predicted octanol–water partition coefficient (Wildman–Crippen LogP) is 4.16. The second-order valence-electron chi connectivity index (χ2n) is 6.70. The number of pyridine rings is 1. The Morgan fingerprint density at radius 3 is 2.82 bits per heavy atom. The highest BCUT2D eigenvalue weighted by Crippen LogP contribution is 2.43. The maximum absolute atomic E-state index is 11.6. The van der Waals surface area contributed by atoms with Gasteiger partial charge in [-0.3, -0.25) is 4.98 Å². The number of nitrogens with zero attached hydrogens (tertiary/aromatic N) is 1. The van der Waals surface area contributed by atoms with E-state index in [4.69, 9.17) is 0 Å². The molecule has 0 fully saturated rings. The standard InChI is InChI=1S/C19H19NO2/c1-10-3-4-15(17(10)19(21)22)12-6-13-5-11(2)16-9-20-8-14(7-12)18(13)16/h6-11H,3-5H2,1-2H3,(H,21,22)/t10-,11?/m1/s1. The molecule has 1 aromatic carbocycles. The third-order valence-electron chi connectivity index (χ3n) is 5.25. The molecule has 0 radical (unpaired) electrons. The van der Waals surface area contributed by atoms with Crippen molar-refractivity contribution in [3.05, 3.63) is 46.8 Å². The first-order valence-electron chi connectivity index (χ1n) is 7.93. The molecule has 112 valence electrons. The van der Waals surface area contributed by atoms with Gasteiger partial charge in [0.1, 0.15) is 0 Å². The van der Waals surface area contributed by atoms with Crippen LogP contribution in [0.4, 0.5) is 0 Å². The molecular formula is C19H19NO2. The minimum atomic E-state index is -0.767. The molecule has 1 heterocycles. The lowest BCUT2D eigenvalue weighted by atomic mass is 9.95. The summed E-state index contributed by atoms with van der Waals surface area (Å²) in [4.78, 5) is 16.0. The van der Waals surface area contributed by atoms with Gasteiger partial charge in [-0.1, -0.05) is 19.9 Å². The van der Waals surface area contributed by atoms with Crippen molar-refractivity contribution in [1.29, 1.82) is 0 Å². The van der Waals surface area contributed by atoms with Crippen molar-refractivity contribution >= 4 is 22.3 Å². The molecule has 4 rings (SSSR count). The third-order valence-corrected chi connectivity index (χ3v) is 5.25. The minimum Gasteiger partial charge on any atom is -0.478 e. The number of aromatic nitrogens is 1. The summed E-state index contributed by atoms with van der Waals surface area (Å²) >= 11 is 0. The summed E-state index contributed by atoms with van der Waals surface area (Å²) in [7, 11) is 0. The van der Waals surface area contributed by atoms with Crippen molar-refractivity contribution in [1.82, 2.24) is 4.98 Å². The summed E-state index contributed by atoms with van der Waals surface area (Å²) < 4.78 is 0. The number of aliphatic carboxylic acids is 1. The Bertz CT molecular complexity index is 835. The first kappa shape index (κ1) is 13.5. The minimum absolute atomic E-state index is 0.139. The number of benzene rings is 1. The van der Waals surface area contributed by atoms with Crippen molar-refractivity contribution < 1.29 is 9.90 Å². The number of allylic oxidation sites excluding steroid dienone is 1. The fourth-order valence-corrected chi connectivity index (χ4v) is 4.17. The summed E-state index contributed by atoms with van der Waals surface area (Å²) in [6, 6.07) is 4.34. The number of carboxylic acid groups (broad SMARTS) is 1. The molecule has 1 unspecified atom stereocenters. The molecule has 0 spiro atoms. The molecular weight excluding hydrogens is 274 g/mol. The van der Waals surface area contributed by atoms with Crippen LogP contribution in [0.15, 0.2) is 30.1 Å². The Kier molecular flexibility index (Phi) is 2.86. The molecule has 0 saturated carbocycles. The van der Waals surface area contributed by atoms with Gasteiger partial charge in [0.05, 0.1) is 0 Å². The van der Waals surface area contributed by atoms with Gasteiger partial charge in [-0.2, -0.15) is 0 Å². The molecule has 0 aliphatic heterocycles. The fourth-order valence-electron chi connectivity index (χ4n) is 4.17. The highest BCUT2D eigenvalue weighted by Gasteiger charge is 2.29. The summed E-state index contributed by atoms with van der Waals surface area (Å²) in [6.45, 7) is 4.24. The number of hydrogen-bond acceptors (Lipinski definition) is 2. The highest BCUT2D eigenvalue weighted by atomic mass is 16.4. The van der Waals surface area contributed by atoms with E-state index in [9.17, 15) is 9.90 Å². The molecule has 1 N–H and O–H groups in total. The zero-order valence-corrected chi connectivity index (χ0v) is 12.9. The SMILES string of the molecule is CC1Cc2cc(C3=C(C(=O)O)[C@H](C)CC3)cc3cncc1c23. The average molecular weight is 293 g/mol. The lowest BCUT2D eigenvalue weighted by Crippen LogP contribution is -2.06. The molecule has 2 aromatic rings. The highest BCUT2D eigenvalue weighted by molar-refractivity contribution is 6.00. The summed E-state index contributed by atoms with van der Waals surface area (Å²) in [5.74, 6) is -0.131. The molecule has 1 aromatic heterocycles. The number of hydrogen-bond donors (Lipinski definition) is 1. The van der Waals surface area contributed by atoms with E-state index in [0.29, 0.717) is 11.5 Å². The van der Waals surface area contributed by atoms with Crippen LogP contribution in [0.2, 0.25) is 0 Å². The van der Waals surface area contributed by atoms with Crippen LogP contribution in [0, 0.1) is 5.92 Å². The Labute approximate surface area is 129 Å². The number of carbonyl (C=O) groups is 1. The Balaban J connectivity index is 1.95. The van der Waals surface area contributed by atoms with E-state index < -0.39 is 5.97 Å². The molecule has 3 heteroatoms. The Morgan fingerprint density at radius 1 is 1.23 bits per heavy atom. The zero-order valence-electron chi connectivity index (χ0n) is 12.9. The van der Waals surface area contributed by atoms with Crippen molar-refractivity contribution in [2.75, 3.05) is 0 Å². The normalized spacial score (nSPS) is 23.5. The van der Waals surface area contributed by atoms with Crippen molar-refractivity contribution in [2.45, 2.75) is 39.0 Å². The predicted molar refractivity (Wildman–Crippen MR) is 86.8 cm³/mol. The van der Waals surface area contributed by atoms with Gasteiger partial charge in [0, 0.05) is 23.4 Å². The van der Waals surface area contributed by atoms with Gasteiger partial charge >= 0.3 is 5.97 Å². The lowest BCUT2D eigenvalue weighted by molar-refractivity contribution is -0.133. The van der Waals surface area contributed by atoms with Crippen LogP contribution in [0.5, 0.6) is 0 Å². The summed E-state index contributed by atoms with van der Waals surface area (Å²) in [5, 5.41) is 12.0. The Morgan fingerprint density at radius 2 is 2.05 bits per heavy atom. The van der Waals surface area contributed by atoms with Crippen molar-refractivity contribution in [2.24, 2.45) is 5.92 Å². The molecule has 22 heavy (non-hydrogen) atoms. The largest absolute Gasteiger partial charge is 0.478 e. The van der Waals surface area contributed by atoms with Crippen LogP contribution >= 0.6 is 0 Å². The second-order valence-corrected chi connectivity index (χ2v) is 6.70. The smallest absolute Gasteiger partial charge is 0.332 e. The van der Waals surface area contributed by atoms with Gasteiger partial charge in [-0.25, -0.2) is 4.79 Å². The first-order chi connectivity index (χ1) is 10.6. The number of carboxylic acids is 1. The summed E-state index contributed by atoms with van der Waals surface area (Å²) in [6.07, 6.45) is 6.69.